The molecule has 2 aromatic rings. The van der Waals surface area contributed by atoms with Crippen LogP contribution in [0.25, 0.3) is 10.9 Å². The average Bonchev–Trinajstić information content (AvgIpc) is 2.68. The number of para-hydroxylation sites is 1. The van der Waals surface area contributed by atoms with Gasteiger partial charge in [-0.15, -0.1) is 0 Å². The molecule has 0 amide bonds. The van der Waals surface area contributed by atoms with Crippen LogP contribution in [0.1, 0.15) is 26.5 Å². The van der Waals surface area contributed by atoms with Crippen molar-refractivity contribution in [2.45, 2.75) is 39.8 Å². The molecule has 0 aliphatic heterocycles. The van der Waals surface area contributed by atoms with Crippen molar-refractivity contribution in [2.75, 3.05) is 0 Å². The molecule has 1 N–H and O–H groups in total. The highest BCUT2D eigenvalue weighted by Gasteiger charge is 2.15. The molecule has 92 valence electrons. The average molecular weight is 232 g/mol. The fourth-order valence-electron chi connectivity index (χ4n) is 2.06. The molecule has 1 aromatic carbocycles. The lowest BCUT2D eigenvalue weighted by atomic mass is 9.99. The Kier molecular flexibility index (Phi) is 3.48. The van der Waals surface area contributed by atoms with Crippen molar-refractivity contribution in [3.8, 4) is 0 Å². The van der Waals surface area contributed by atoms with Crippen LogP contribution in [0.3, 0.4) is 0 Å². The number of hydrogen-bond acceptors (Lipinski definition) is 2. The monoisotopic (exact) mass is 232 g/mol. The van der Waals surface area contributed by atoms with E-state index in [-0.39, 0.29) is 12.0 Å². The lowest BCUT2D eigenvalue weighted by Gasteiger charge is -2.12. The molecule has 0 saturated heterocycles. The van der Waals surface area contributed by atoms with Gasteiger partial charge in [0.1, 0.15) is 0 Å². The minimum absolute atomic E-state index is 0.235. The normalized spacial score (nSPS) is 15.1. The smallest absolute Gasteiger partial charge is 0.0707 e. The van der Waals surface area contributed by atoms with Crippen molar-refractivity contribution in [1.29, 1.82) is 0 Å². The first-order valence-corrected chi connectivity index (χ1v) is 6.26. The first-order valence-electron chi connectivity index (χ1n) is 6.26. The Bertz CT molecular complexity index is 502. The zero-order valence-corrected chi connectivity index (χ0v) is 10.7. The van der Waals surface area contributed by atoms with E-state index in [9.17, 15) is 5.11 Å². The van der Waals surface area contributed by atoms with E-state index in [1.807, 2.05) is 23.7 Å². The summed E-state index contributed by atoms with van der Waals surface area (Å²) in [5, 5.41) is 15.4. The second kappa shape index (κ2) is 4.88. The molecule has 3 nitrogen and oxygen atoms in total. The van der Waals surface area contributed by atoms with E-state index in [1.54, 1.807) is 0 Å². The zero-order valence-electron chi connectivity index (χ0n) is 10.7. The summed E-state index contributed by atoms with van der Waals surface area (Å²) in [4.78, 5) is 0. The SMILES string of the molecule is CCn1nc(CC(C)C(C)O)c2ccccc21. The molecular formula is C14H20N2O. The summed E-state index contributed by atoms with van der Waals surface area (Å²) in [6, 6.07) is 8.29. The van der Waals surface area contributed by atoms with Gasteiger partial charge in [0, 0.05) is 11.9 Å². The molecule has 0 aliphatic carbocycles. The summed E-state index contributed by atoms with van der Waals surface area (Å²) in [5.74, 6) is 0.235. The van der Waals surface area contributed by atoms with E-state index in [1.165, 1.54) is 10.9 Å². The largest absolute Gasteiger partial charge is 0.393 e. The van der Waals surface area contributed by atoms with Gasteiger partial charge in [0.25, 0.3) is 0 Å². The van der Waals surface area contributed by atoms with Crippen molar-refractivity contribution in [3.63, 3.8) is 0 Å². The van der Waals surface area contributed by atoms with Crippen molar-refractivity contribution in [2.24, 2.45) is 5.92 Å². The minimum atomic E-state index is -0.291. The molecule has 17 heavy (non-hydrogen) atoms. The molecule has 1 aromatic heterocycles. The van der Waals surface area contributed by atoms with E-state index in [2.05, 4.69) is 31.1 Å². The van der Waals surface area contributed by atoms with Gasteiger partial charge in [0.15, 0.2) is 0 Å². The maximum absolute atomic E-state index is 9.58. The van der Waals surface area contributed by atoms with Gasteiger partial charge in [-0.2, -0.15) is 5.10 Å². The Balaban J connectivity index is 2.40. The number of fused-ring (bicyclic) bond motifs is 1. The Morgan fingerprint density at radius 1 is 1.29 bits per heavy atom. The lowest BCUT2D eigenvalue weighted by molar-refractivity contribution is 0.134. The Labute approximate surface area is 102 Å². The van der Waals surface area contributed by atoms with Gasteiger partial charge < -0.3 is 5.11 Å². The fourth-order valence-corrected chi connectivity index (χ4v) is 2.06. The van der Waals surface area contributed by atoms with Gasteiger partial charge >= 0.3 is 0 Å². The maximum atomic E-state index is 9.58. The lowest BCUT2D eigenvalue weighted by Crippen LogP contribution is -2.16. The highest BCUT2D eigenvalue weighted by Crippen LogP contribution is 2.21. The Hall–Kier alpha value is -1.35. The standard InChI is InChI=1S/C14H20N2O/c1-4-16-14-8-6-5-7-12(14)13(15-16)9-10(2)11(3)17/h5-8,10-11,17H,4,9H2,1-3H3. The van der Waals surface area contributed by atoms with Crippen LogP contribution >= 0.6 is 0 Å². The molecule has 3 heteroatoms. The summed E-state index contributed by atoms with van der Waals surface area (Å²) in [6.45, 7) is 6.87. The molecule has 0 saturated carbocycles. The summed E-state index contributed by atoms with van der Waals surface area (Å²) in [7, 11) is 0. The van der Waals surface area contributed by atoms with Crippen LogP contribution in [-0.4, -0.2) is 21.0 Å². The zero-order chi connectivity index (χ0) is 12.4. The van der Waals surface area contributed by atoms with E-state index < -0.39 is 0 Å². The van der Waals surface area contributed by atoms with Gasteiger partial charge in [-0.25, -0.2) is 0 Å². The predicted octanol–water partition coefficient (Wildman–Crippen LogP) is 2.62. The highest BCUT2D eigenvalue weighted by molar-refractivity contribution is 5.81. The van der Waals surface area contributed by atoms with Crippen LogP contribution in [0, 0.1) is 5.92 Å². The van der Waals surface area contributed by atoms with Crippen molar-refractivity contribution in [1.82, 2.24) is 9.78 Å². The number of rotatable bonds is 4. The van der Waals surface area contributed by atoms with Crippen LogP contribution in [0.15, 0.2) is 24.3 Å². The number of nitrogens with zero attached hydrogens (tertiary/aromatic N) is 2. The molecule has 0 aliphatic rings. The van der Waals surface area contributed by atoms with E-state index >= 15 is 0 Å². The molecule has 2 atom stereocenters. The van der Waals surface area contributed by atoms with Gasteiger partial charge in [0.05, 0.1) is 17.3 Å². The van der Waals surface area contributed by atoms with E-state index in [0.717, 1.165) is 18.7 Å². The molecule has 2 rings (SSSR count). The van der Waals surface area contributed by atoms with Crippen molar-refractivity contribution in [3.05, 3.63) is 30.0 Å². The maximum Gasteiger partial charge on any atom is 0.0707 e. The van der Waals surface area contributed by atoms with Gasteiger partial charge in [-0.05, 0) is 32.3 Å². The fraction of sp³-hybridized carbons (Fsp3) is 0.500. The Morgan fingerprint density at radius 2 is 2.00 bits per heavy atom. The number of aromatic nitrogens is 2. The topological polar surface area (TPSA) is 38.0 Å². The highest BCUT2D eigenvalue weighted by atomic mass is 16.3. The number of benzene rings is 1. The van der Waals surface area contributed by atoms with Gasteiger partial charge in [0.2, 0.25) is 0 Å². The summed E-state index contributed by atoms with van der Waals surface area (Å²) < 4.78 is 2.03. The summed E-state index contributed by atoms with van der Waals surface area (Å²) in [5.41, 5.74) is 2.28. The van der Waals surface area contributed by atoms with Crippen LogP contribution in [0.2, 0.25) is 0 Å². The third-order valence-electron chi connectivity index (χ3n) is 3.37. The van der Waals surface area contributed by atoms with Crippen LogP contribution < -0.4 is 0 Å². The van der Waals surface area contributed by atoms with Crippen molar-refractivity contribution >= 4 is 10.9 Å². The van der Waals surface area contributed by atoms with Gasteiger partial charge in [-0.1, -0.05) is 25.1 Å². The number of hydrogen-bond donors (Lipinski definition) is 1. The molecule has 0 spiro atoms. The second-order valence-corrected chi connectivity index (χ2v) is 4.70. The van der Waals surface area contributed by atoms with E-state index in [0.29, 0.717) is 0 Å². The third kappa shape index (κ3) is 2.34. The van der Waals surface area contributed by atoms with Crippen molar-refractivity contribution < 1.29 is 5.11 Å². The Morgan fingerprint density at radius 3 is 2.65 bits per heavy atom. The quantitative estimate of drug-likeness (QED) is 0.880. The molecule has 1 heterocycles. The van der Waals surface area contributed by atoms with Crippen LogP contribution in [0.4, 0.5) is 0 Å². The van der Waals surface area contributed by atoms with E-state index in [4.69, 9.17) is 0 Å². The van der Waals surface area contributed by atoms with Crippen LogP contribution in [0.5, 0.6) is 0 Å². The third-order valence-corrected chi connectivity index (χ3v) is 3.37. The predicted molar refractivity (Wildman–Crippen MR) is 70.0 cm³/mol. The molecule has 0 bridgehead atoms. The first kappa shape index (κ1) is 12.1. The second-order valence-electron chi connectivity index (χ2n) is 4.70. The molecular weight excluding hydrogens is 212 g/mol. The van der Waals surface area contributed by atoms with Crippen LogP contribution in [-0.2, 0) is 13.0 Å². The number of aliphatic hydroxyl groups excluding tert-OH is 1. The summed E-state index contributed by atoms with van der Waals surface area (Å²) in [6.07, 6.45) is 0.533. The number of aryl methyl sites for hydroxylation is 1. The minimum Gasteiger partial charge on any atom is -0.393 e. The summed E-state index contributed by atoms with van der Waals surface area (Å²) >= 11 is 0. The first-order chi connectivity index (χ1) is 8.13. The molecule has 2 unspecified atom stereocenters. The number of aliphatic hydroxyl groups is 1. The van der Waals surface area contributed by atoms with Gasteiger partial charge in [-0.3, -0.25) is 4.68 Å². The molecule has 0 fully saturated rings. The molecule has 0 radical (unpaired) electrons.